The average molecular weight is 367 g/mol. The van der Waals surface area contributed by atoms with E-state index in [1.54, 1.807) is 0 Å². The highest BCUT2D eigenvalue weighted by Gasteiger charge is 2.12. The summed E-state index contributed by atoms with van der Waals surface area (Å²) >= 11 is 0. The Balaban J connectivity index is 1.65. The van der Waals surface area contributed by atoms with Gasteiger partial charge in [-0.3, -0.25) is 0 Å². The molecular weight excluding hydrogens is 316 g/mol. The van der Waals surface area contributed by atoms with Crippen LogP contribution in [0.5, 0.6) is 0 Å². The van der Waals surface area contributed by atoms with Gasteiger partial charge in [-0.1, -0.05) is 122 Å². The van der Waals surface area contributed by atoms with E-state index >= 15 is 0 Å². The monoisotopic (exact) mass is 366 g/mol. The SMILES string of the molecule is CCCCCCCCCCCCCCCCCCCCC1CCCCO1. The Labute approximate surface area is 166 Å². The molecule has 1 unspecified atom stereocenters. The number of unbranched alkanes of at least 4 members (excludes halogenated alkanes) is 17. The highest BCUT2D eigenvalue weighted by atomic mass is 16.5. The maximum Gasteiger partial charge on any atom is 0.0575 e. The van der Waals surface area contributed by atoms with Crippen LogP contribution >= 0.6 is 0 Å². The lowest BCUT2D eigenvalue weighted by Crippen LogP contribution is -2.18. The molecule has 1 atom stereocenters. The van der Waals surface area contributed by atoms with E-state index < -0.39 is 0 Å². The smallest absolute Gasteiger partial charge is 0.0575 e. The average Bonchev–Trinajstić information content (AvgIpc) is 2.68. The van der Waals surface area contributed by atoms with Crippen LogP contribution in [0.1, 0.15) is 148 Å². The Morgan fingerprint density at radius 2 is 0.962 bits per heavy atom. The molecule has 156 valence electrons. The molecule has 1 fully saturated rings. The predicted molar refractivity (Wildman–Crippen MR) is 117 cm³/mol. The second-order valence-corrected chi connectivity index (χ2v) is 8.79. The molecule has 1 aliphatic rings. The summed E-state index contributed by atoms with van der Waals surface area (Å²) in [6.45, 7) is 3.32. The lowest BCUT2D eigenvalue weighted by Gasteiger charge is -2.22. The van der Waals surface area contributed by atoms with Gasteiger partial charge in [0.15, 0.2) is 0 Å². The fourth-order valence-electron chi connectivity index (χ4n) is 4.31. The summed E-state index contributed by atoms with van der Waals surface area (Å²) in [7, 11) is 0. The molecule has 26 heavy (non-hydrogen) atoms. The van der Waals surface area contributed by atoms with Crippen LogP contribution in [0.15, 0.2) is 0 Å². The minimum absolute atomic E-state index is 0.602. The highest BCUT2D eigenvalue weighted by molar-refractivity contribution is 4.63. The van der Waals surface area contributed by atoms with Crippen LogP contribution in [0.2, 0.25) is 0 Å². The first kappa shape index (κ1) is 24.0. The molecule has 0 aromatic carbocycles. The summed E-state index contributed by atoms with van der Waals surface area (Å²) < 4.78 is 5.81. The first-order chi connectivity index (χ1) is 12.9. The van der Waals surface area contributed by atoms with Crippen molar-refractivity contribution in [2.24, 2.45) is 0 Å². The lowest BCUT2D eigenvalue weighted by molar-refractivity contribution is 0.00977. The van der Waals surface area contributed by atoms with Crippen molar-refractivity contribution in [1.82, 2.24) is 0 Å². The number of hydrogen-bond acceptors (Lipinski definition) is 1. The Bertz CT molecular complexity index is 257. The van der Waals surface area contributed by atoms with Crippen LogP contribution in [0.4, 0.5) is 0 Å². The fourth-order valence-corrected chi connectivity index (χ4v) is 4.31. The highest BCUT2D eigenvalue weighted by Crippen LogP contribution is 2.19. The van der Waals surface area contributed by atoms with Crippen LogP contribution < -0.4 is 0 Å². The van der Waals surface area contributed by atoms with Crippen LogP contribution in [-0.2, 0) is 4.74 Å². The third-order valence-corrected chi connectivity index (χ3v) is 6.15. The second kappa shape index (κ2) is 19.7. The van der Waals surface area contributed by atoms with Crippen molar-refractivity contribution in [3.63, 3.8) is 0 Å². The van der Waals surface area contributed by atoms with Gasteiger partial charge in [-0.05, 0) is 25.7 Å². The Morgan fingerprint density at radius 1 is 0.538 bits per heavy atom. The first-order valence-electron chi connectivity index (χ1n) is 12.5. The maximum absolute atomic E-state index is 5.81. The number of hydrogen-bond donors (Lipinski definition) is 0. The van der Waals surface area contributed by atoms with Crippen LogP contribution in [0.25, 0.3) is 0 Å². The molecule has 0 radical (unpaired) electrons. The van der Waals surface area contributed by atoms with Gasteiger partial charge in [-0.25, -0.2) is 0 Å². The van der Waals surface area contributed by atoms with E-state index in [9.17, 15) is 0 Å². The van der Waals surface area contributed by atoms with Gasteiger partial charge in [0.2, 0.25) is 0 Å². The lowest BCUT2D eigenvalue weighted by atomic mass is 10.0. The molecule has 0 aromatic heterocycles. The molecular formula is C25H50O. The third-order valence-electron chi connectivity index (χ3n) is 6.15. The normalized spacial score (nSPS) is 17.7. The van der Waals surface area contributed by atoms with Crippen LogP contribution in [-0.4, -0.2) is 12.7 Å². The Morgan fingerprint density at radius 3 is 1.35 bits per heavy atom. The fraction of sp³-hybridized carbons (Fsp3) is 1.00. The van der Waals surface area contributed by atoms with Gasteiger partial charge < -0.3 is 4.74 Å². The maximum atomic E-state index is 5.81. The van der Waals surface area contributed by atoms with Crippen LogP contribution in [0, 0.1) is 0 Å². The summed E-state index contributed by atoms with van der Waals surface area (Å²) in [5.74, 6) is 0. The molecule has 1 heterocycles. The zero-order chi connectivity index (χ0) is 18.5. The number of ether oxygens (including phenoxy) is 1. The Kier molecular flexibility index (Phi) is 18.2. The van der Waals surface area contributed by atoms with E-state index in [-0.39, 0.29) is 0 Å². The van der Waals surface area contributed by atoms with Crippen molar-refractivity contribution in [2.75, 3.05) is 6.61 Å². The molecule has 1 aliphatic heterocycles. The van der Waals surface area contributed by atoms with E-state index in [2.05, 4.69) is 6.92 Å². The van der Waals surface area contributed by atoms with Gasteiger partial charge in [0.05, 0.1) is 6.10 Å². The topological polar surface area (TPSA) is 9.23 Å². The molecule has 0 aromatic rings. The van der Waals surface area contributed by atoms with E-state index in [4.69, 9.17) is 4.74 Å². The molecule has 0 bridgehead atoms. The molecule has 0 saturated carbocycles. The minimum Gasteiger partial charge on any atom is -0.378 e. The summed E-state index contributed by atoms with van der Waals surface area (Å²) in [4.78, 5) is 0. The zero-order valence-electron chi connectivity index (χ0n) is 18.2. The van der Waals surface area contributed by atoms with Gasteiger partial charge >= 0.3 is 0 Å². The van der Waals surface area contributed by atoms with Crippen molar-refractivity contribution < 1.29 is 4.74 Å². The molecule has 1 saturated heterocycles. The zero-order valence-corrected chi connectivity index (χ0v) is 18.2. The summed E-state index contributed by atoms with van der Waals surface area (Å²) in [6.07, 6.45) is 32.2. The molecule has 0 N–H and O–H groups in total. The van der Waals surface area contributed by atoms with Gasteiger partial charge in [-0.2, -0.15) is 0 Å². The Hall–Kier alpha value is -0.0400. The quantitative estimate of drug-likeness (QED) is 0.207. The van der Waals surface area contributed by atoms with Crippen molar-refractivity contribution in [2.45, 2.75) is 154 Å². The van der Waals surface area contributed by atoms with Crippen molar-refractivity contribution in [3.8, 4) is 0 Å². The van der Waals surface area contributed by atoms with E-state index in [0.717, 1.165) is 6.61 Å². The van der Waals surface area contributed by atoms with Crippen LogP contribution in [0.3, 0.4) is 0 Å². The van der Waals surface area contributed by atoms with Gasteiger partial charge in [0, 0.05) is 6.61 Å². The van der Waals surface area contributed by atoms with Gasteiger partial charge in [-0.15, -0.1) is 0 Å². The van der Waals surface area contributed by atoms with Crippen molar-refractivity contribution >= 4 is 0 Å². The predicted octanol–water partition coefficient (Wildman–Crippen LogP) is 8.99. The number of rotatable bonds is 19. The van der Waals surface area contributed by atoms with E-state index in [0.29, 0.717) is 6.10 Å². The first-order valence-corrected chi connectivity index (χ1v) is 12.5. The second-order valence-electron chi connectivity index (χ2n) is 8.79. The summed E-state index contributed by atoms with van der Waals surface area (Å²) in [6, 6.07) is 0. The van der Waals surface area contributed by atoms with Crippen molar-refractivity contribution in [3.05, 3.63) is 0 Å². The van der Waals surface area contributed by atoms with E-state index in [1.807, 2.05) is 0 Å². The van der Waals surface area contributed by atoms with Gasteiger partial charge in [0.25, 0.3) is 0 Å². The molecule has 1 nitrogen and oxygen atoms in total. The van der Waals surface area contributed by atoms with Gasteiger partial charge in [0.1, 0.15) is 0 Å². The minimum atomic E-state index is 0.602. The summed E-state index contributed by atoms with van der Waals surface area (Å²) in [5.41, 5.74) is 0. The summed E-state index contributed by atoms with van der Waals surface area (Å²) in [5, 5.41) is 0. The molecule has 0 amide bonds. The van der Waals surface area contributed by atoms with E-state index in [1.165, 1.54) is 141 Å². The molecule has 1 rings (SSSR count). The largest absolute Gasteiger partial charge is 0.378 e. The molecule has 0 spiro atoms. The third kappa shape index (κ3) is 16.2. The molecule has 0 aliphatic carbocycles. The molecule has 1 heteroatoms. The standard InChI is InChI=1S/C25H50O/c1-2-3-4-5-6-7-8-9-10-11-12-13-14-15-16-17-18-19-22-25-23-20-21-24-26-25/h25H,2-24H2,1H3. The van der Waals surface area contributed by atoms with Crippen molar-refractivity contribution in [1.29, 1.82) is 0 Å².